The predicted molar refractivity (Wildman–Crippen MR) is 114 cm³/mol. The summed E-state index contributed by atoms with van der Waals surface area (Å²) in [5, 5.41) is 1.14. The summed E-state index contributed by atoms with van der Waals surface area (Å²) in [6.45, 7) is 3.98. The molecule has 1 fully saturated rings. The summed E-state index contributed by atoms with van der Waals surface area (Å²) in [5.74, 6) is -1.26. The van der Waals surface area contributed by atoms with Crippen molar-refractivity contribution in [2.45, 2.75) is 46.0 Å². The summed E-state index contributed by atoms with van der Waals surface area (Å²) in [6.07, 6.45) is 6.89. The SMILES string of the molecule is CCOC(=O)[C@@]12CCCC=C1N(CCc1c[nH]c3ccccc13)C(=O)[C@H]2CC(C)=O. The Labute approximate surface area is 176 Å². The Balaban J connectivity index is 1.67. The largest absolute Gasteiger partial charge is 0.465 e. The molecule has 1 aliphatic heterocycles. The van der Waals surface area contributed by atoms with Gasteiger partial charge in [0.25, 0.3) is 0 Å². The Kier molecular flexibility index (Phi) is 5.50. The van der Waals surface area contributed by atoms with E-state index in [4.69, 9.17) is 4.74 Å². The van der Waals surface area contributed by atoms with Gasteiger partial charge >= 0.3 is 5.97 Å². The fourth-order valence-electron chi connectivity index (χ4n) is 5.11. The third kappa shape index (κ3) is 3.24. The molecule has 4 rings (SSSR count). The molecule has 1 aliphatic carbocycles. The molecule has 30 heavy (non-hydrogen) atoms. The molecule has 6 nitrogen and oxygen atoms in total. The number of aromatic nitrogens is 1. The summed E-state index contributed by atoms with van der Waals surface area (Å²) in [6, 6.07) is 8.07. The zero-order chi connectivity index (χ0) is 21.3. The van der Waals surface area contributed by atoms with Gasteiger partial charge in [-0.25, -0.2) is 0 Å². The van der Waals surface area contributed by atoms with Crippen LogP contribution in [0.3, 0.4) is 0 Å². The summed E-state index contributed by atoms with van der Waals surface area (Å²) < 4.78 is 5.43. The van der Waals surface area contributed by atoms with Crippen LogP contribution in [-0.4, -0.2) is 40.7 Å². The second-order valence-corrected chi connectivity index (χ2v) is 8.23. The number of aromatic amines is 1. The maximum Gasteiger partial charge on any atom is 0.318 e. The molecule has 2 aliphatic rings. The van der Waals surface area contributed by atoms with Crippen molar-refractivity contribution in [1.29, 1.82) is 0 Å². The van der Waals surface area contributed by atoms with Crippen LogP contribution in [0.4, 0.5) is 0 Å². The van der Waals surface area contributed by atoms with E-state index in [2.05, 4.69) is 11.1 Å². The minimum atomic E-state index is -1.03. The average molecular weight is 408 g/mol. The number of Topliss-reactive ketones (excluding diaryl/α,β-unsaturated/α-hetero) is 1. The lowest BCUT2D eigenvalue weighted by Crippen LogP contribution is -2.41. The molecule has 1 aromatic carbocycles. The van der Waals surface area contributed by atoms with Gasteiger partial charge in [0.15, 0.2) is 0 Å². The lowest BCUT2D eigenvalue weighted by atomic mass is 9.68. The van der Waals surface area contributed by atoms with Crippen LogP contribution in [-0.2, 0) is 25.5 Å². The van der Waals surface area contributed by atoms with Crippen molar-refractivity contribution in [2.75, 3.05) is 13.2 Å². The van der Waals surface area contributed by atoms with Gasteiger partial charge in [0.2, 0.25) is 5.91 Å². The molecule has 0 spiro atoms. The number of esters is 1. The van der Waals surface area contributed by atoms with E-state index in [0.717, 1.165) is 35.0 Å². The fourth-order valence-corrected chi connectivity index (χ4v) is 5.11. The predicted octanol–water partition coefficient (Wildman–Crippen LogP) is 3.77. The van der Waals surface area contributed by atoms with Crippen LogP contribution in [0.2, 0.25) is 0 Å². The molecular formula is C24H28N2O4. The molecule has 2 atom stereocenters. The number of nitrogens with zero attached hydrogens (tertiary/aromatic N) is 1. The van der Waals surface area contributed by atoms with Gasteiger partial charge in [-0.3, -0.25) is 9.59 Å². The van der Waals surface area contributed by atoms with Gasteiger partial charge in [-0.1, -0.05) is 24.3 Å². The number of carbonyl (C=O) groups is 3. The zero-order valence-electron chi connectivity index (χ0n) is 17.6. The Morgan fingerprint density at radius 3 is 2.87 bits per heavy atom. The van der Waals surface area contributed by atoms with Gasteiger partial charge in [0, 0.05) is 35.8 Å². The molecular weight excluding hydrogens is 380 g/mol. The number of fused-ring (bicyclic) bond motifs is 2. The highest BCUT2D eigenvalue weighted by Gasteiger charge is 2.61. The first kappa shape index (κ1) is 20.4. The smallest absolute Gasteiger partial charge is 0.318 e. The van der Waals surface area contributed by atoms with Crippen LogP contribution in [0.25, 0.3) is 10.9 Å². The van der Waals surface area contributed by atoms with Gasteiger partial charge in [-0.2, -0.15) is 0 Å². The molecule has 1 N–H and O–H groups in total. The number of allylic oxidation sites excluding steroid dienone is 1. The van der Waals surface area contributed by atoms with Gasteiger partial charge in [0.05, 0.1) is 12.5 Å². The van der Waals surface area contributed by atoms with Gasteiger partial charge in [0.1, 0.15) is 11.2 Å². The number of likely N-dealkylation sites (tertiary alicyclic amines) is 1. The highest BCUT2D eigenvalue weighted by Crippen LogP contribution is 2.53. The van der Waals surface area contributed by atoms with E-state index in [1.807, 2.05) is 30.5 Å². The number of ketones is 1. The van der Waals surface area contributed by atoms with E-state index < -0.39 is 11.3 Å². The van der Waals surface area contributed by atoms with Crippen LogP contribution < -0.4 is 0 Å². The second kappa shape index (κ2) is 8.09. The first-order valence-corrected chi connectivity index (χ1v) is 10.7. The van der Waals surface area contributed by atoms with E-state index in [1.165, 1.54) is 6.92 Å². The molecule has 0 unspecified atom stereocenters. The maximum absolute atomic E-state index is 13.5. The number of amides is 1. The molecule has 2 aromatic rings. The van der Waals surface area contributed by atoms with Gasteiger partial charge < -0.3 is 19.4 Å². The Morgan fingerprint density at radius 2 is 2.10 bits per heavy atom. The Hall–Kier alpha value is -2.89. The molecule has 1 aromatic heterocycles. The van der Waals surface area contributed by atoms with Gasteiger partial charge in [-0.15, -0.1) is 0 Å². The maximum atomic E-state index is 13.5. The summed E-state index contributed by atoms with van der Waals surface area (Å²) in [4.78, 5) is 43.6. The van der Waals surface area contributed by atoms with Crippen LogP contribution in [0.1, 0.15) is 45.1 Å². The first-order chi connectivity index (χ1) is 14.5. The Bertz CT molecular complexity index is 1020. The van der Waals surface area contributed by atoms with E-state index in [1.54, 1.807) is 11.8 Å². The summed E-state index contributed by atoms with van der Waals surface area (Å²) in [7, 11) is 0. The summed E-state index contributed by atoms with van der Waals surface area (Å²) in [5.41, 5.74) is 1.90. The standard InChI is InChI=1S/C24H28N2O4/c1-3-30-23(29)24-12-7-6-10-21(24)26(22(28)19(24)14-16(2)27)13-11-17-15-25-20-9-5-4-8-18(17)20/h4-5,8-10,15,19,25H,3,6-7,11-14H2,1-2H3/t19-,24-/m1/s1. The quantitative estimate of drug-likeness (QED) is 0.708. The van der Waals surface area contributed by atoms with Crippen molar-refractivity contribution in [3.63, 3.8) is 0 Å². The normalized spacial score (nSPS) is 23.4. The second-order valence-electron chi connectivity index (χ2n) is 8.23. The number of para-hydroxylation sites is 1. The molecule has 1 amide bonds. The fraction of sp³-hybridized carbons (Fsp3) is 0.458. The average Bonchev–Trinajstić information content (AvgIpc) is 3.25. The number of rotatable bonds is 7. The van der Waals surface area contributed by atoms with Crippen LogP contribution >= 0.6 is 0 Å². The molecule has 2 heterocycles. The lowest BCUT2D eigenvalue weighted by Gasteiger charge is -2.35. The lowest BCUT2D eigenvalue weighted by molar-refractivity contribution is -0.158. The molecule has 1 saturated heterocycles. The van der Waals surface area contributed by atoms with Gasteiger partial charge in [-0.05, 0) is 51.2 Å². The van der Waals surface area contributed by atoms with Crippen molar-refractivity contribution >= 4 is 28.6 Å². The third-order valence-corrected chi connectivity index (χ3v) is 6.43. The molecule has 0 bridgehead atoms. The number of nitrogens with one attached hydrogen (secondary N) is 1. The van der Waals surface area contributed by atoms with Crippen molar-refractivity contribution in [3.05, 3.63) is 47.8 Å². The third-order valence-electron chi connectivity index (χ3n) is 6.43. The number of hydrogen-bond donors (Lipinski definition) is 1. The van der Waals surface area contributed by atoms with Crippen molar-refractivity contribution in [3.8, 4) is 0 Å². The van der Waals surface area contributed by atoms with E-state index in [-0.39, 0.29) is 30.7 Å². The molecule has 6 heteroatoms. The van der Waals surface area contributed by atoms with Crippen molar-refractivity contribution < 1.29 is 19.1 Å². The summed E-state index contributed by atoms with van der Waals surface area (Å²) >= 11 is 0. The highest BCUT2D eigenvalue weighted by atomic mass is 16.5. The van der Waals surface area contributed by atoms with E-state index >= 15 is 0 Å². The monoisotopic (exact) mass is 408 g/mol. The van der Waals surface area contributed by atoms with Crippen LogP contribution in [0.5, 0.6) is 0 Å². The number of benzene rings is 1. The number of H-pyrrole nitrogens is 1. The van der Waals surface area contributed by atoms with E-state index in [0.29, 0.717) is 19.4 Å². The first-order valence-electron chi connectivity index (χ1n) is 10.7. The highest BCUT2D eigenvalue weighted by molar-refractivity contribution is 5.99. The number of ether oxygens (including phenoxy) is 1. The minimum absolute atomic E-state index is 0.0680. The van der Waals surface area contributed by atoms with Crippen LogP contribution in [0, 0.1) is 11.3 Å². The number of hydrogen-bond acceptors (Lipinski definition) is 4. The number of carbonyl (C=O) groups excluding carboxylic acids is 3. The Morgan fingerprint density at radius 1 is 1.30 bits per heavy atom. The zero-order valence-corrected chi connectivity index (χ0v) is 17.6. The van der Waals surface area contributed by atoms with Crippen molar-refractivity contribution in [1.82, 2.24) is 9.88 Å². The van der Waals surface area contributed by atoms with Crippen molar-refractivity contribution in [2.24, 2.45) is 11.3 Å². The van der Waals surface area contributed by atoms with Crippen LogP contribution in [0.15, 0.2) is 42.2 Å². The van der Waals surface area contributed by atoms with E-state index in [9.17, 15) is 14.4 Å². The molecule has 0 radical (unpaired) electrons. The molecule has 0 saturated carbocycles. The minimum Gasteiger partial charge on any atom is -0.465 e. The topological polar surface area (TPSA) is 79.5 Å². The molecule has 158 valence electrons.